The fraction of sp³-hybridized carbons (Fsp3) is 0.286. The summed E-state index contributed by atoms with van der Waals surface area (Å²) in [6.45, 7) is 0. The van der Waals surface area contributed by atoms with E-state index >= 15 is 0 Å². The third-order valence-electron chi connectivity index (χ3n) is 5.17. The Kier molecular flexibility index (Phi) is 5.26. The van der Waals surface area contributed by atoms with Gasteiger partial charge in [0.15, 0.2) is 0 Å². The van der Waals surface area contributed by atoms with Crippen LogP contribution >= 0.6 is 0 Å². The molecule has 1 aliphatic carbocycles. The lowest BCUT2D eigenvalue weighted by Gasteiger charge is -2.28. The Balaban J connectivity index is 1.52. The van der Waals surface area contributed by atoms with Crippen LogP contribution in [0.2, 0.25) is 0 Å². The smallest absolute Gasteiger partial charge is 0.274 e. The number of benzene rings is 1. The van der Waals surface area contributed by atoms with Gasteiger partial charge in [-0.15, -0.1) is 0 Å². The molecule has 150 valence electrons. The zero-order chi connectivity index (χ0) is 20.4. The van der Waals surface area contributed by atoms with Crippen LogP contribution in [0.5, 0.6) is 0 Å². The molecule has 2 amide bonds. The van der Waals surface area contributed by atoms with Gasteiger partial charge in [-0.2, -0.15) is 0 Å². The number of hydrogen-bond donors (Lipinski definition) is 3. The molecule has 7 nitrogen and oxygen atoms in total. The summed E-state index contributed by atoms with van der Waals surface area (Å²) in [4.78, 5) is 29.3. The average molecular weight is 396 g/mol. The lowest BCUT2D eigenvalue weighted by molar-refractivity contribution is 0.0717. The molecular weight excluding hydrogens is 375 g/mol. The van der Waals surface area contributed by atoms with E-state index in [0.717, 1.165) is 18.9 Å². The summed E-state index contributed by atoms with van der Waals surface area (Å²) in [5, 5.41) is 15.3. The molecule has 2 aromatic heterocycles. The fourth-order valence-corrected chi connectivity index (χ4v) is 3.58. The summed E-state index contributed by atoms with van der Waals surface area (Å²) in [6.07, 6.45) is 5.73. The molecule has 1 saturated carbocycles. The van der Waals surface area contributed by atoms with Crippen LogP contribution in [0, 0.1) is 5.82 Å². The van der Waals surface area contributed by atoms with Crippen molar-refractivity contribution in [1.29, 1.82) is 0 Å². The molecule has 0 aliphatic heterocycles. The number of nitrogens with one attached hydrogen (secondary N) is 2. The van der Waals surface area contributed by atoms with E-state index in [1.165, 1.54) is 18.3 Å². The molecule has 2 atom stereocenters. The monoisotopic (exact) mass is 396 g/mol. The Morgan fingerprint density at radius 3 is 2.79 bits per heavy atom. The number of fused-ring (bicyclic) bond motifs is 1. The second-order valence-electron chi connectivity index (χ2n) is 7.15. The lowest BCUT2D eigenvalue weighted by Crippen LogP contribution is -2.45. The first-order valence-corrected chi connectivity index (χ1v) is 9.55. The minimum atomic E-state index is -0.651. The Morgan fingerprint density at radius 1 is 1.14 bits per heavy atom. The van der Waals surface area contributed by atoms with Crippen LogP contribution in [-0.2, 0) is 0 Å². The highest BCUT2D eigenvalue weighted by atomic mass is 19.1. The third-order valence-corrected chi connectivity index (χ3v) is 5.17. The van der Waals surface area contributed by atoms with Crippen LogP contribution < -0.4 is 10.6 Å². The number of imidazole rings is 1. The van der Waals surface area contributed by atoms with Gasteiger partial charge in [-0.25, -0.2) is 9.37 Å². The van der Waals surface area contributed by atoms with Crippen molar-refractivity contribution in [3.8, 4) is 0 Å². The normalized spacial score (nSPS) is 19.1. The van der Waals surface area contributed by atoms with E-state index in [1.54, 1.807) is 28.8 Å². The Labute approximate surface area is 166 Å². The van der Waals surface area contributed by atoms with Crippen molar-refractivity contribution in [2.75, 3.05) is 5.32 Å². The minimum absolute atomic E-state index is 0.0993. The summed E-state index contributed by atoms with van der Waals surface area (Å²) in [5.41, 5.74) is 0.952. The highest BCUT2D eigenvalue weighted by Gasteiger charge is 2.25. The van der Waals surface area contributed by atoms with Crippen LogP contribution in [0.4, 0.5) is 10.1 Å². The van der Waals surface area contributed by atoms with Crippen LogP contribution in [0.3, 0.4) is 0 Å². The van der Waals surface area contributed by atoms with Gasteiger partial charge in [0.2, 0.25) is 0 Å². The van der Waals surface area contributed by atoms with E-state index in [0.29, 0.717) is 18.5 Å². The molecule has 29 heavy (non-hydrogen) atoms. The lowest BCUT2D eigenvalue weighted by atomic mass is 9.92. The number of carbonyl (C=O) groups is 2. The van der Waals surface area contributed by atoms with Gasteiger partial charge >= 0.3 is 0 Å². The van der Waals surface area contributed by atoms with Crippen molar-refractivity contribution in [2.45, 2.75) is 37.8 Å². The van der Waals surface area contributed by atoms with E-state index in [4.69, 9.17) is 0 Å². The summed E-state index contributed by atoms with van der Waals surface area (Å²) in [7, 11) is 0. The van der Waals surface area contributed by atoms with Gasteiger partial charge in [-0.05, 0) is 43.2 Å². The van der Waals surface area contributed by atoms with E-state index in [-0.39, 0.29) is 23.0 Å². The third kappa shape index (κ3) is 3.97. The first-order valence-electron chi connectivity index (χ1n) is 9.55. The van der Waals surface area contributed by atoms with Crippen molar-refractivity contribution >= 4 is 23.1 Å². The topological polar surface area (TPSA) is 95.7 Å². The highest BCUT2D eigenvalue weighted by Crippen LogP contribution is 2.21. The second-order valence-corrected chi connectivity index (χ2v) is 7.15. The van der Waals surface area contributed by atoms with Crippen LogP contribution in [0.25, 0.3) is 5.65 Å². The Bertz CT molecular complexity index is 1070. The standard InChI is InChI=1S/C21H21FN4O3/c22-14-9-8-13(20(28)24-15-5-1-2-6-18(15)27)11-16(14)25-21(29)17-12-23-19-7-3-4-10-26(17)19/h3-4,7-12,15,18,27H,1-2,5-6H2,(H,24,28)(H,25,29)/t15-,18-/m1/s1. The average Bonchev–Trinajstić information content (AvgIpc) is 3.15. The van der Waals surface area contributed by atoms with Crippen molar-refractivity contribution in [3.05, 3.63) is 65.9 Å². The van der Waals surface area contributed by atoms with Crippen LogP contribution in [0.15, 0.2) is 48.8 Å². The predicted octanol–water partition coefficient (Wildman–Crippen LogP) is 2.76. The first-order chi connectivity index (χ1) is 14.0. The number of aliphatic hydroxyl groups excluding tert-OH is 1. The maximum Gasteiger partial charge on any atom is 0.274 e. The zero-order valence-corrected chi connectivity index (χ0v) is 15.6. The van der Waals surface area contributed by atoms with Gasteiger partial charge < -0.3 is 15.7 Å². The second kappa shape index (κ2) is 8.00. The van der Waals surface area contributed by atoms with Gasteiger partial charge in [-0.3, -0.25) is 14.0 Å². The molecule has 2 heterocycles. The molecule has 1 aromatic carbocycles. The summed E-state index contributed by atoms with van der Waals surface area (Å²) in [5.74, 6) is -1.61. The van der Waals surface area contributed by atoms with E-state index in [2.05, 4.69) is 15.6 Å². The number of aromatic nitrogens is 2. The summed E-state index contributed by atoms with van der Waals surface area (Å²) >= 11 is 0. The van der Waals surface area contributed by atoms with Crippen molar-refractivity contribution < 1.29 is 19.1 Å². The number of rotatable bonds is 4. The maximum atomic E-state index is 14.3. The van der Waals surface area contributed by atoms with Gasteiger partial charge in [-0.1, -0.05) is 18.9 Å². The largest absolute Gasteiger partial charge is 0.391 e. The molecule has 1 aliphatic rings. The molecular formula is C21H21FN4O3. The SMILES string of the molecule is O=C(N[C@@H]1CCCC[C@H]1O)c1ccc(F)c(NC(=O)c2cnc3ccccn23)c1. The van der Waals surface area contributed by atoms with Crippen molar-refractivity contribution in [2.24, 2.45) is 0 Å². The van der Waals surface area contributed by atoms with E-state index in [1.807, 2.05) is 0 Å². The molecule has 4 rings (SSSR count). The van der Waals surface area contributed by atoms with E-state index < -0.39 is 23.7 Å². The molecule has 1 fully saturated rings. The van der Waals surface area contributed by atoms with Crippen LogP contribution in [-0.4, -0.2) is 38.5 Å². The number of aliphatic hydroxyl groups is 1. The molecule has 0 spiro atoms. The molecule has 3 aromatic rings. The van der Waals surface area contributed by atoms with E-state index in [9.17, 15) is 19.1 Å². The quantitative estimate of drug-likeness (QED) is 0.632. The fourth-order valence-electron chi connectivity index (χ4n) is 3.58. The minimum Gasteiger partial charge on any atom is -0.391 e. The molecule has 3 N–H and O–H groups in total. The molecule has 8 heteroatoms. The predicted molar refractivity (Wildman–Crippen MR) is 105 cm³/mol. The summed E-state index contributed by atoms with van der Waals surface area (Å²) < 4.78 is 15.9. The number of nitrogens with zero attached hydrogens (tertiary/aromatic N) is 2. The van der Waals surface area contributed by atoms with Crippen molar-refractivity contribution in [1.82, 2.24) is 14.7 Å². The number of carbonyl (C=O) groups excluding carboxylic acids is 2. The van der Waals surface area contributed by atoms with Gasteiger partial charge in [0.05, 0.1) is 24.0 Å². The highest BCUT2D eigenvalue weighted by molar-refractivity contribution is 6.04. The number of anilines is 1. The Morgan fingerprint density at radius 2 is 1.97 bits per heavy atom. The molecule has 0 unspecified atom stereocenters. The molecule has 0 bridgehead atoms. The van der Waals surface area contributed by atoms with Crippen molar-refractivity contribution in [3.63, 3.8) is 0 Å². The number of pyridine rings is 1. The van der Waals surface area contributed by atoms with Gasteiger partial charge in [0.25, 0.3) is 11.8 Å². The summed E-state index contributed by atoms with van der Waals surface area (Å²) in [6, 6.07) is 8.77. The van der Waals surface area contributed by atoms with Crippen LogP contribution in [0.1, 0.15) is 46.5 Å². The van der Waals surface area contributed by atoms with Gasteiger partial charge in [0, 0.05) is 11.8 Å². The molecule has 0 saturated heterocycles. The Hall–Kier alpha value is -3.26. The van der Waals surface area contributed by atoms with Gasteiger partial charge in [0.1, 0.15) is 17.2 Å². The zero-order valence-electron chi connectivity index (χ0n) is 15.6. The molecule has 0 radical (unpaired) electrons. The maximum absolute atomic E-state index is 14.3. The number of hydrogen-bond acceptors (Lipinski definition) is 4. The number of halogens is 1. The first kappa shape index (κ1) is 19.1. The number of amides is 2.